The average molecular weight is 340 g/mol. The number of para-hydroxylation sites is 1. The van der Waals surface area contributed by atoms with Gasteiger partial charge < -0.3 is 10.1 Å². The quantitative estimate of drug-likeness (QED) is 0.790. The van der Waals surface area contributed by atoms with Gasteiger partial charge in [0.05, 0.1) is 16.3 Å². The van der Waals surface area contributed by atoms with Crippen LogP contribution >= 0.6 is 11.3 Å². The van der Waals surface area contributed by atoms with Gasteiger partial charge >= 0.3 is 0 Å². The van der Waals surface area contributed by atoms with Gasteiger partial charge in [-0.2, -0.15) is 0 Å². The summed E-state index contributed by atoms with van der Waals surface area (Å²) < 4.78 is 6.59. The average Bonchev–Trinajstić information content (AvgIpc) is 3.29. The largest absolute Gasteiger partial charge is 0.376 e. The van der Waals surface area contributed by atoms with Crippen molar-refractivity contribution in [1.82, 2.24) is 20.3 Å². The predicted molar refractivity (Wildman–Crippen MR) is 92.0 cm³/mol. The molecule has 1 saturated heterocycles. The van der Waals surface area contributed by atoms with Gasteiger partial charge in [-0.15, -0.1) is 11.3 Å². The number of carbonyl (C=O) groups is 1. The van der Waals surface area contributed by atoms with Crippen LogP contribution in [0.25, 0.3) is 20.9 Å². The van der Waals surface area contributed by atoms with Gasteiger partial charge in [0.1, 0.15) is 10.7 Å². The third-order valence-corrected chi connectivity index (χ3v) is 4.97. The second-order valence-electron chi connectivity index (χ2n) is 5.59. The van der Waals surface area contributed by atoms with Crippen LogP contribution in [0.1, 0.15) is 23.3 Å². The van der Waals surface area contributed by atoms with Gasteiger partial charge in [0.2, 0.25) is 0 Å². The molecule has 3 aromatic rings. The molecule has 1 aromatic carbocycles. The number of hydrogen-bond donors (Lipinski definition) is 1. The van der Waals surface area contributed by atoms with Crippen molar-refractivity contribution in [2.75, 3.05) is 13.2 Å². The fraction of sp³-hybridized carbons (Fsp3) is 0.294. The lowest BCUT2D eigenvalue weighted by Gasteiger charge is -2.11. The highest BCUT2D eigenvalue weighted by Gasteiger charge is 2.21. The molecule has 6 nitrogen and oxygen atoms in total. The van der Waals surface area contributed by atoms with E-state index in [1.165, 1.54) is 17.5 Å². The lowest BCUT2D eigenvalue weighted by atomic mass is 10.2. The number of rotatable bonds is 4. The van der Waals surface area contributed by atoms with E-state index in [0.29, 0.717) is 22.9 Å². The summed E-state index contributed by atoms with van der Waals surface area (Å²) in [6.45, 7) is 1.26. The Balaban J connectivity index is 1.60. The standard InChI is InChI=1S/C17H16N4O2S/c22-16(20-10-11-4-3-9-23-11)14-15(19-8-7-18-14)17-21-12-5-1-2-6-13(12)24-17/h1-2,5-8,11H,3-4,9-10H2,(H,20,22)/t11-/m1/s1. The number of amides is 1. The number of ether oxygens (including phenoxy) is 1. The normalized spacial score (nSPS) is 17.2. The van der Waals surface area contributed by atoms with Crippen LogP contribution < -0.4 is 5.32 Å². The summed E-state index contributed by atoms with van der Waals surface area (Å²) in [6, 6.07) is 7.86. The van der Waals surface area contributed by atoms with Crippen LogP contribution in [-0.2, 0) is 4.74 Å². The van der Waals surface area contributed by atoms with Gasteiger partial charge in [0.25, 0.3) is 5.91 Å². The molecule has 24 heavy (non-hydrogen) atoms. The van der Waals surface area contributed by atoms with Gasteiger partial charge in [0, 0.05) is 25.5 Å². The Bertz CT molecular complexity index is 841. The molecule has 1 aliphatic heterocycles. The minimum Gasteiger partial charge on any atom is -0.376 e. The zero-order valence-electron chi connectivity index (χ0n) is 12.9. The highest BCUT2D eigenvalue weighted by molar-refractivity contribution is 7.21. The number of benzene rings is 1. The van der Waals surface area contributed by atoms with Crippen molar-refractivity contribution in [2.24, 2.45) is 0 Å². The van der Waals surface area contributed by atoms with Crippen molar-refractivity contribution in [3.05, 3.63) is 42.4 Å². The molecule has 1 aliphatic rings. The third-order valence-electron chi connectivity index (χ3n) is 3.92. The van der Waals surface area contributed by atoms with Crippen molar-refractivity contribution in [3.63, 3.8) is 0 Å². The summed E-state index contributed by atoms with van der Waals surface area (Å²) in [5.74, 6) is -0.243. The molecule has 7 heteroatoms. The van der Waals surface area contributed by atoms with Crippen LogP contribution in [0.15, 0.2) is 36.7 Å². The van der Waals surface area contributed by atoms with E-state index in [4.69, 9.17) is 4.74 Å². The van der Waals surface area contributed by atoms with Crippen molar-refractivity contribution < 1.29 is 9.53 Å². The Kier molecular flexibility index (Phi) is 4.18. The molecule has 0 saturated carbocycles. The van der Waals surface area contributed by atoms with E-state index in [-0.39, 0.29) is 12.0 Å². The van der Waals surface area contributed by atoms with Crippen LogP contribution in [-0.4, -0.2) is 40.1 Å². The first kappa shape index (κ1) is 15.2. The molecule has 4 rings (SSSR count). The van der Waals surface area contributed by atoms with Crippen LogP contribution in [0.3, 0.4) is 0 Å². The first-order valence-corrected chi connectivity index (χ1v) is 8.69. The molecule has 0 radical (unpaired) electrons. The summed E-state index contributed by atoms with van der Waals surface area (Å²) in [5.41, 5.74) is 1.71. The topological polar surface area (TPSA) is 77.0 Å². The minimum absolute atomic E-state index is 0.0940. The van der Waals surface area contributed by atoms with Crippen LogP contribution in [0.2, 0.25) is 0 Å². The van der Waals surface area contributed by atoms with Crippen molar-refractivity contribution in [2.45, 2.75) is 18.9 Å². The van der Waals surface area contributed by atoms with Crippen molar-refractivity contribution in [1.29, 1.82) is 0 Å². The molecule has 122 valence electrons. The third kappa shape index (κ3) is 3.00. The van der Waals surface area contributed by atoms with E-state index in [9.17, 15) is 4.79 Å². The van der Waals surface area contributed by atoms with Crippen molar-refractivity contribution >= 4 is 27.5 Å². The van der Waals surface area contributed by atoms with E-state index < -0.39 is 0 Å². The van der Waals surface area contributed by atoms with E-state index in [2.05, 4.69) is 20.3 Å². The maximum atomic E-state index is 12.5. The molecule has 1 N–H and O–H groups in total. The summed E-state index contributed by atoms with van der Waals surface area (Å²) in [5, 5.41) is 3.60. The van der Waals surface area contributed by atoms with Gasteiger partial charge in [-0.3, -0.25) is 4.79 Å². The molecule has 1 atom stereocenters. The Morgan fingerprint density at radius 3 is 3.00 bits per heavy atom. The van der Waals surface area contributed by atoms with Gasteiger partial charge in [-0.05, 0) is 25.0 Å². The molecule has 0 unspecified atom stereocenters. The molecule has 1 fully saturated rings. The van der Waals surface area contributed by atoms with E-state index >= 15 is 0 Å². The smallest absolute Gasteiger partial charge is 0.272 e. The SMILES string of the molecule is O=C(NC[C@H]1CCCO1)c1nccnc1-c1nc2ccccc2s1. The zero-order valence-corrected chi connectivity index (χ0v) is 13.8. The maximum absolute atomic E-state index is 12.5. The Labute approximate surface area is 142 Å². The first-order valence-electron chi connectivity index (χ1n) is 7.88. The Morgan fingerprint density at radius 1 is 1.29 bits per heavy atom. The number of aromatic nitrogens is 3. The number of nitrogens with zero attached hydrogens (tertiary/aromatic N) is 3. The predicted octanol–water partition coefficient (Wildman–Crippen LogP) is 2.66. The molecule has 0 bridgehead atoms. The molecule has 0 spiro atoms. The van der Waals surface area contributed by atoms with Crippen molar-refractivity contribution in [3.8, 4) is 10.7 Å². The summed E-state index contributed by atoms with van der Waals surface area (Å²) in [6.07, 6.45) is 5.22. The fourth-order valence-corrected chi connectivity index (χ4v) is 3.69. The zero-order chi connectivity index (χ0) is 16.4. The maximum Gasteiger partial charge on any atom is 0.272 e. The van der Waals surface area contributed by atoms with Crippen LogP contribution in [0.4, 0.5) is 0 Å². The minimum atomic E-state index is -0.243. The fourth-order valence-electron chi connectivity index (χ4n) is 2.73. The number of nitrogens with one attached hydrogen (secondary N) is 1. The van der Waals surface area contributed by atoms with E-state index in [1.807, 2.05) is 24.3 Å². The van der Waals surface area contributed by atoms with Crippen LogP contribution in [0.5, 0.6) is 0 Å². The van der Waals surface area contributed by atoms with E-state index in [1.54, 1.807) is 6.20 Å². The molecule has 0 aliphatic carbocycles. The van der Waals surface area contributed by atoms with Gasteiger partial charge in [-0.25, -0.2) is 15.0 Å². The number of carbonyl (C=O) groups excluding carboxylic acids is 1. The summed E-state index contributed by atoms with van der Waals surface area (Å²) in [7, 11) is 0. The van der Waals surface area contributed by atoms with Crippen LogP contribution in [0, 0.1) is 0 Å². The second-order valence-corrected chi connectivity index (χ2v) is 6.62. The highest BCUT2D eigenvalue weighted by Crippen LogP contribution is 2.30. The molecule has 2 aromatic heterocycles. The summed E-state index contributed by atoms with van der Waals surface area (Å²) in [4.78, 5) is 25.7. The molecular formula is C17H16N4O2S. The number of thiazole rings is 1. The lowest BCUT2D eigenvalue weighted by Crippen LogP contribution is -2.32. The molecule has 3 heterocycles. The Morgan fingerprint density at radius 2 is 2.17 bits per heavy atom. The van der Waals surface area contributed by atoms with Gasteiger partial charge in [-0.1, -0.05) is 12.1 Å². The van der Waals surface area contributed by atoms with E-state index in [0.717, 1.165) is 29.7 Å². The second kappa shape index (κ2) is 6.62. The monoisotopic (exact) mass is 340 g/mol. The highest BCUT2D eigenvalue weighted by atomic mass is 32.1. The molecular weight excluding hydrogens is 324 g/mol. The first-order chi connectivity index (χ1) is 11.8. The number of fused-ring (bicyclic) bond motifs is 1. The Hall–Kier alpha value is -2.38. The molecule has 1 amide bonds. The number of hydrogen-bond acceptors (Lipinski definition) is 6. The summed E-state index contributed by atoms with van der Waals surface area (Å²) >= 11 is 1.51. The van der Waals surface area contributed by atoms with Gasteiger partial charge in [0.15, 0.2) is 5.69 Å². The lowest BCUT2D eigenvalue weighted by molar-refractivity contribution is 0.0854.